The molecule has 0 spiro atoms. The molecule has 9 heteroatoms. The van der Waals surface area contributed by atoms with Crippen molar-refractivity contribution < 1.29 is 0 Å². The maximum atomic E-state index is 5.94. The summed E-state index contributed by atoms with van der Waals surface area (Å²) in [4.78, 5) is 17.9. The SMILES string of the molecule is Cc1cnc(C(C)Nc2nc(Cl)nc(-n3cccn3)n2)s1. The van der Waals surface area contributed by atoms with Crippen LogP contribution in [0.15, 0.2) is 24.7 Å². The van der Waals surface area contributed by atoms with Gasteiger partial charge in [0.15, 0.2) is 0 Å². The van der Waals surface area contributed by atoms with Gasteiger partial charge in [-0.2, -0.15) is 20.1 Å². The van der Waals surface area contributed by atoms with Crippen LogP contribution in [0.2, 0.25) is 5.28 Å². The molecule has 0 aliphatic heterocycles. The molecule has 3 rings (SSSR count). The van der Waals surface area contributed by atoms with Crippen molar-refractivity contribution in [2.45, 2.75) is 19.9 Å². The van der Waals surface area contributed by atoms with Crippen molar-refractivity contribution in [2.24, 2.45) is 0 Å². The quantitative estimate of drug-likeness (QED) is 0.795. The zero-order chi connectivity index (χ0) is 14.8. The van der Waals surface area contributed by atoms with Crippen LogP contribution < -0.4 is 5.32 Å². The average Bonchev–Trinajstić information content (AvgIpc) is 3.08. The normalized spacial score (nSPS) is 12.3. The number of nitrogens with zero attached hydrogens (tertiary/aromatic N) is 6. The van der Waals surface area contributed by atoms with E-state index in [0.717, 1.165) is 9.88 Å². The predicted molar refractivity (Wildman–Crippen MR) is 80.8 cm³/mol. The van der Waals surface area contributed by atoms with Crippen molar-refractivity contribution >= 4 is 28.9 Å². The number of thiazole rings is 1. The Morgan fingerprint density at radius 3 is 2.86 bits per heavy atom. The lowest BCUT2D eigenvalue weighted by Gasteiger charge is -2.11. The fourth-order valence-electron chi connectivity index (χ4n) is 1.72. The molecule has 3 aromatic rings. The number of hydrogen-bond acceptors (Lipinski definition) is 7. The highest BCUT2D eigenvalue weighted by molar-refractivity contribution is 7.11. The summed E-state index contributed by atoms with van der Waals surface area (Å²) in [5.74, 6) is 0.755. The second-order valence-electron chi connectivity index (χ2n) is 4.35. The van der Waals surface area contributed by atoms with Crippen LogP contribution in [0.4, 0.5) is 5.95 Å². The van der Waals surface area contributed by atoms with Crippen LogP contribution in [0.1, 0.15) is 22.9 Å². The molecule has 0 bridgehead atoms. The molecule has 0 fully saturated rings. The molecule has 0 radical (unpaired) electrons. The summed E-state index contributed by atoms with van der Waals surface area (Å²) >= 11 is 7.57. The second kappa shape index (κ2) is 5.74. The van der Waals surface area contributed by atoms with Crippen molar-refractivity contribution in [2.75, 3.05) is 5.32 Å². The number of halogens is 1. The van der Waals surface area contributed by atoms with Gasteiger partial charge in [0, 0.05) is 23.5 Å². The first kappa shape index (κ1) is 13.9. The summed E-state index contributed by atoms with van der Waals surface area (Å²) in [7, 11) is 0. The van der Waals surface area contributed by atoms with E-state index in [9.17, 15) is 0 Å². The molecule has 3 heterocycles. The van der Waals surface area contributed by atoms with E-state index >= 15 is 0 Å². The van der Waals surface area contributed by atoms with Gasteiger partial charge in [-0.15, -0.1) is 11.3 Å². The monoisotopic (exact) mass is 321 g/mol. The molecule has 0 aromatic carbocycles. The molecule has 21 heavy (non-hydrogen) atoms. The van der Waals surface area contributed by atoms with Crippen molar-refractivity contribution in [1.29, 1.82) is 0 Å². The summed E-state index contributed by atoms with van der Waals surface area (Å²) in [5.41, 5.74) is 0. The smallest absolute Gasteiger partial charge is 0.256 e. The van der Waals surface area contributed by atoms with E-state index in [1.165, 1.54) is 4.68 Å². The lowest BCUT2D eigenvalue weighted by Crippen LogP contribution is -2.12. The Morgan fingerprint density at radius 1 is 1.33 bits per heavy atom. The highest BCUT2D eigenvalue weighted by Crippen LogP contribution is 2.22. The minimum Gasteiger partial charge on any atom is -0.345 e. The van der Waals surface area contributed by atoms with Gasteiger partial charge in [-0.05, 0) is 31.5 Å². The lowest BCUT2D eigenvalue weighted by atomic mass is 10.4. The standard InChI is InChI=1S/C12H12ClN7S/c1-7-6-14-9(21-7)8(2)16-11-17-10(13)18-12(19-11)20-5-3-4-15-20/h3-6,8H,1-2H3,(H,16,17,18,19). The van der Waals surface area contributed by atoms with Gasteiger partial charge >= 0.3 is 0 Å². The third-order valence-corrected chi connectivity index (χ3v) is 3.93. The molecular formula is C12H12ClN7S. The van der Waals surface area contributed by atoms with E-state index in [4.69, 9.17) is 11.6 Å². The van der Waals surface area contributed by atoms with Gasteiger partial charge < -0.3 is 5.32 Å². The Balaban J connectivity index is 1.85. The third-order valence-electron chi connectivity index (χ3n) is 2.66. The maximum Gasteiger partial charge on any atom is 0.256 e. The molecule has 1 N–H and O–H groups in total. The molecule has 0 aliphatic carbocycles. The number of aryl methyl sites for hydroxylation is 1. The highest BCUT2D eigenvalue weighted by atomic mass is 35.5. The molecule has 7 nitrogen and oxygen atoms in total. The summed E-state index contributed by atoms with van der Waals surface area (Å²) in [6.45, 7) is 4.01. The fraction of sp³-hybridized carbons (Fsp3) is 0.250. The molecular weight excluding hydrogens is 310 g/mol. The van der Waals surface area contributed by atoms with E-state index < -0.39 is 0 Å². The molecule has 0 saturated carbocycles. The molecule has 1 unspecified atom stereocenters. The molecule has 0 saturated heterocycles. The molecule has 1 atom stereocenters. The zero-order valence-electron chi connectivity index (χ0n) is 11.4. The third kappa shape index (κ3) is 3.17. The van der Waals surface area contributed by atoms with E-state index in [1.54, 1.807) is 29.8 Å². The Hall–Kier alpha value is -2.06. The average molecular weight is 322 g/mol. The molecule has 0 aliphatic rings. The van der Waals surface area contributed by atoms with E-state index in [-0.39, 0.29) is 11.3 Å². The largest absolute Gasteiger partial charge is 0.345 e. The Labute approximate surface area is 130 Å². The van der Waals surface area contributed by atoms with Crippen LogP contribution in [0, 0.1) is 6.92 Å². The van der Waals surface area contributed by atoms with E-state index in [1.807, 2.05) is 20.0 Å². The maximum absolute atomic E-state index is 5.94. The van der Waals surface area contributed by atoms with Crippen LogP contribution in [-0.2, 0) is 0 Å². The van der Waals surface area contributed by atoms with Gasteiger partial charge in [-0.1, -0.05) is 0 Å². The summed E-state index contributed by atoms with van der Waals surface area (Å²) in [6, 6.07) is 1.76. The van der Waals surface area contributed by atoms with Crippen LogP contribution >= 0.6 is 22.9 Å². The van der Waals surface area contributed by atoms with Crippen LogP contribution in [-0.4, -0.2) is 29.7 Å². The van der Waals surface area contributed by atoms with Crippen molar-refractivity contribution in [3.05, 3.63) is 39.8 Å². The number of aromatic nitrogens is 6. The molecule has 3 aromatic heterocycles. The van der Waals surface area contributed by atoms with Crippen LogP contribution in [0.3, 0.4) is 0 Å². The van der Waals surface area contributed by atoms with Crippen LogP contribution in [0.5, 0.6) is 0 Å². The Kier molecular flexibility index (Phi) is 3.80. The Morgan fingerprint density at radius 2 is 2.19 bits per heavy atom. The first-order chi connectivity index (χ1) is 10.1. The minimum atomic E-state index is -0.0207. The van der Waals surface area contributed by atoms with Gasteiger partial charge in [0.25, 0.3) is 5.95 Å². The van der Waals surface area contributed by atoms with Crippen molar-refractivity contribution in [3.8, 4) is 5.95 Å². The topological polar surface area (TPSA) is 81.4 Å². The molecule has 0 amide bonds. The number of anilines is 1. The van der Waals surface area contributed by atoms with E-state index in [2.05, 4.69) is 30.4 Å². The van der Waals surface area contributed by atoms with Gasteiger partial charge in [0.05, 0.1) is 6.04 Å². The zero-order valence-corrected chi connectivity index (χ0v) is 12.9. The van der Waals surface area contributed by atoms with E-state index in [0.29, 0.717) is 11.9 Å². The first-order valence-electron chi connectivity index (χ1n) is 6.22. The summed E-state index contributed by atoms with van der Waals surface area (Å²) in [6.07, 6.45) is 5.22. The van der Waals surface area contributed by atoms with Crippen LogP contribution in [0.25, 0.3) is 5.95 Å². The number of rotatable bonds is 4. The number of hydrogen-bond donors (Lipinski definition) is 1. The van der Waals surface area contributed by atoms with Gasteiger partial charge in [0.2, 0.25) is 11.2 Å². The molecule has 108 valence electrons. The summed E-state index contributed by atoms with van der Waals surface area (Å²) in [5, 5.41) is 8.33. The number of nitrogens with one attached hydrogen (secondary N) is 1. The predicted octanol–water partition coefficient (Wildman–Crippen LogP) is 2.65. The van der Waals surface area contributed by atoms with Gasteiger partial charge in [-0.25, -0.2) is 9.67 Å². The lowest BCUT2D eigenvalue weighted by molar-refractivity contribution is 0.781. The second-order valence-corrected chi connectivity index (χ2v) is 5.96. The van der Waals surface area contributed by atoms with Crippen molar-refractivity contribution in [3.63, 3.8) is 0 Å². The van der Waals surface area contributed by atoms with Gasteiger partial charge in [-0.3, -0.25) is 0 Å². The van der Waals surface area contributed by atoms with Crippen molar-refractivity contribution in [1.82, 2.24) is 29.7 Å². The highest BCUT2D eigenvalue weighted by Gasteiger charge is 2.13. The fourth-order valence-corrected chi connectivity index (χ4v) is 2.65. The Bertz CT molecular complexity index is 740. The minimum absolute atomic E-state index is 0.0207. The van der Waals surface area contributed by atoms with Gasteiger partial charge in [0.1, 0.15) is 5.01 Å². The first-order valence-corrected chi connectivity index (χ1v) is 7.42. The summed E-state index contributed by atoms with van der Waals surface area (Å²) < 4.78 is 1.52.